The average Bonchev–Trinajstić information content (AvgIpc) is 2.46. The summed E-state index contributed by atoms with van der Waals surface area (Å²) in [6.07, 6.45) is 4.17. The highest BCUT2D eigenvalue weighted by molar-refractivity contribution is 5.78. The fraction of sp³-hybridized carbons (Fsp3) is 0.316. The van der Waals surface area contributed by atoms with Gasteiger partial charge in [0, 0.05) is 6.42 Å². The molecular weight excluding hydrogens is 244 g/mol. The Balaban J connectivity index is 2.09. The van der Waals surface area contributed by atoms with Crippen LogP contribution in [0.3, 0.4) is 0 Å². The lowest BCUT2D eigenvalue weighted by Crippen LogP contribution is -1.95. The van der Waals surface area contributed by atoms with E-state index in [0.717, 1.165) is 12.0 Å². The Bertz CT molecular complexity index is 549. The van der Waals surface area contributed by atoms with Gasteiger partial charge in [-0.15, -0.1) is 0 Å². The molecule has 0 N–H and O–H groups in total. The maximum absolute atomic E-state index is 11.1. The van der Waals surface area contributed by atoms with Gasteiger partial charge in [-0.2, -0.15) is 0 Å². The van der Waals surface area contributed by atoms with Crippen molar-refractivity contribution >= 4 is 5.78 Å². The third-order valence-electron chi connectivity index (χ3n) is 3.51. The van der Waals surface area contributed by atoms with E-state index in [-0.39, 0.29) is 5.78 Å². The van der Waals surface area contributed by atoms with Gasteiger partial charge in [0.1, 0.15) is 5.78 Å². The molecule has 104 valence electrons. The minimum atomic E-state index is 0.207. The van der Waals surface area contributed by atoms with Crippen LogP contribution in [-0.2, 0) is 17.6 Å². The maximum Gasteiger partial charge on any atom is 0.134 e. The SMILES string of the molecule is CCCCc1ccc(-c2ccc(CC(C)=O)cc2)cc1. The van der Waals surface area contributed by atoms with Crippen molar-refractivity contribution in [2.75, 3.05) is 0 Å². The molecule has 0 bridgehead atoms. The molecule has 0 aliphatic heterocycles. The molecule has 0 fully saturated rings. The molecule has 0 aliphatic rings. The second-order valence-corrected chi connectivity index (χ2v) is 5.38. The van der Waals surface area contributed by atoms with Crippen molar-refractivity contribution in [2.45, 2.75) is 39.5 Å². The molecule has 0 heterocycles. The van der Waals surface area contributed by atoms with Gasteiger partial charge >= 0.3 is 0 Å². The van der Waals surface area contributed by atoms with Crippen molar-refractivity contribution < 1.29 is 4.79 Å². The highest BCUT2D eigenvalue weighted by Crippen LogP contribution is 2.21. The third-order valence-corrected chi connectivity index (χ3v) is 3.51. The molecular formula is C19H22O. The van der Waals surface area contributed by atoms with Crippen molar-refractivity contribution in [3.63, 3.8) is 0 Å². The summed E-state index contributed by atoms with van der Waals surface area (Å²) in [4.78, 5) is 11.1. The molecule has 0 amide bonds. The Morgan fingerprint density at radius 2 is 1.35 bits per heavy atom. The summed E-state index contributed by atoms with van der Waals surface area (Å²) in [5, 5.41) is 0. The van der Waals surface area contributed by atoms with Crippen LogP contribution in [0, 0.1) is 0 Å². The van der Waals surface area contributed by atoms with Gasteiger partial charge in [-0.05, 0) is 42.0 Å². The van der Waals surface area contributed by atoms with Gasteiger partial charge < -0.3 is 0 Å². The highest BCUT2D eigenvalue weighted by atomic mass is 16.1. The number of Topliss-reactive ketones (excluding diaryl/α,β-unsaturated/α-hetero) is 1. The van der Waals surface area contributed by atoms with Gasteiger partial charge in [-0.25, -0.2) is 0 Å². The Morgan fingerprint density at radius 3 is 1.80 bits per heavy atom. The van der Waals surface area contributed by atoms with Gasteiger partial charge in [0.15, 0.2) is 0 Å². The van der Waals surface area contributed by atoms with Crippen LogP contribution in [0.1, 0.15) is 37.8 Å². The van der Waals surface area contributed by atoms with Crippen LogP contribution in [0.4, 0.5) is 0 Å². The summed E-state index contributed by atoms with van der Waals surface area (Å²) >= 11 is 0. The zero-order valence-electron chi connectivity index (χ0n) is 12.4. The van der Waals surface area contributed by atoms with Crippen molar-refractivity contribution in [1.29, 1.82) is 0 Å². The van der Waals surface area contributed by atoms with Crippen molar-refractivity contribution in [1.82, 2.24) is 0 Å². The maximum atomic E-state index is 11.1. The first kappa shape index (κ1) is 14.5. The van der Waals surface area contributed by atoms with Crippen LogP contribution >= 0.6 is 0 Å². The molecule has 0 atom stereocenters. The van der Waals surface area contributed by atoms with E-state index < -0.39 is 0 Å². The predicted molar refractivity (Wildman–Crippen MR) is 84.9 cm³/mol. The second-order valence-electron chi connectivity index (χ2n) is 5.38. The summed E-state index contributed by atoms with van der Waals surface area (Å²) in [5.41, 5.74) is 4.93. The van der Waals surface area contributed by atoms with Gasteiger partial charge in [0.25, 0.3) is 0 Å². The number of carbonyl (C=O) groups is 1. The van der Waals surface area contributed by atoms with Crippen molar-refractivity contribution in [3.8, 4) is 11.1 Å². The average molecular weight is 266 g/mol. The molecule has 0 saturated heterocycles. The standard InChI is InChI=1S/C19H22O/c1-3-4-5-16-6-10-18(11-7-16)19-12-8-17(9-13-19)14-15(2)20/h6-13H,3-5,14H2,1-2H3. The number of hydrogen-bond donors (Lipinski definition) is 0. The van der Waals surface area contributed by atoms with E-state index in [1.165, 1.54) is 29.5 Å². The van der Waals surface area contributed by atoms with Crippen LogP contribution in [0.15, 0.2) is 48.5 Å². The van der Waals surface area contributed by atoms with Gasteiger partial charge in [-0.1, -0.05) is 61.9 Å². The summed E-state index contributed by atoms with van der Waals surface area (Å²) < 4.78 is 0. The van der Waals surface area contributed by atoms with Crippen molar-refractivity contribution in [3.05, 3.63) is 59.7 Å². The summed E-state index contributed by atoms with van der Waals surface area (Å²) in [6.45, 7) is 3.85. The van der Waals surface area contributed by atoms with E-state index in [9.17, 15) is 4.79 Å². The first-order chi connectivity index (χ1) is 9.69. The Kier molecular flexibility index (Phi) is 5.11. The van der Waals surface area contributed by atoms with E-state index in [0.29, 0.717) is 6.42 Å². The quantitative estimate of drug-likeness (QED) is 0.732. The minimum absolute atomic E-state index is 0.207. The zero-order valence-corrected chi connectivity index (χ0v) is 12.4. The van der Waals surface area contributed by atoms with E-state index in [4.69, 9.17) is 0 Å². The Hall–Kier alpha value is -1.89. The Labute approximate surface area is 121 Å². The van der Waals surface area contributed by atoms with Crippen LogP contribution < -0.4 is 0 Å². The molecule has 2 aromatic carbocycles. The first-order valence-corrected chi connectivity index (χ1v) is 7.36. The predicted octanol–water partition coefficient (Wildman–Crippen LogP) is 4.83. The summed E-state index contributed by atoms with van der Waals surface area (Å²) in [7, 11) is 0. The molecule has 0 saturated carbocycles. The molecule has 0 aromatic heterocycles. The largest absolute Gasteiger partial charge is 0.300 e. The fourth-order valence-electron chi connectivity index (χ4n) is 2.35. The topological polar surface area (TPSA) is 17.1 Å². The molecule has 2 rings (SSSR count). The van der Waals surface area contributed by atoms with Crippen LogP contribution in [0.25, 0.3) is 11.1 Å². The van der Waals surface area contributed by atoms with Crippen LogP contribution in [0.2, 0.25) is 0 Å². The lowest BCUT2D eigenvalue weighted by Gasteiger charge is -2.05. The number of ketones is 1. The number of aryl methyl sites for hydroxylation is 1. The number of benzene rings is 2. The van der Waals surface area contributed by atoms with E-state index in [1.807, 2.05) is 12.1 Å². The molecule has 20 heavy (non-hydrogen) atoms. The first-order valence-electron chi connectivity index (χ1n) is 7.36. The van der Waals surface area contributed by atoms with E-state index in [1.54, 1.807) is 6.92 Å². The smallest absolute Gasteiger partial charge is 0.134 e. The highest BCUT2D eigenvalue weighted by Gasteiger charge is 2.01. The summed E-state index contributed by atoms with van der Waals surface area (Å²) in [6, 6.07) is 17.1. The lowest BCUT2D eigenvalue weighted by molar-refractivity contribution is -0.116. The van der Waals surface area contributed by atoms with Gasteiger partial charge in [0.05, 0.1) is 0 Å². The van der Waals surface area contributed by atoms with Crippen molar-refractivity contribution in [2.24, 2.45) is 0 Å². The van der Waals surface area contributed by atoms with Crippen LogP contribution in [-0.4, -0.2) is 5.78 Å². The lowest BCUT2D eigenvalue weighted by atomic mass is 10.00. The molecule has 0 radical (unpaired) electrons. The van der Waals surface area contributed by atoms with Crippen LogP contribution in [0.5, 0.6) is 0 Å². The molecule has 2 aromatic rings. The molecule has 0 spiro atoms. The van der Waals surface area contributed by atoms with Gasteiger partial charge in [0.2, 0.25) is 0 Å². The number of unbranched alkanes of at least 4 members (excludes halogenated alkanes) is 1. The van der Waals surface area contributed by atoms with Gasteiger partial charge in [-0.3, -0.25) is 4.79 Å². The number of rotatable bonds is 6. The molecule has 0 unspecified atom stereocenters. The minimum Gasteiger partial charge on any atom is -0.300 e. The molecule has 1 nitrogen and oxygen atoms in total. The summed E-state index contributed by atoms with van der Waals surface area (Å²) in [5.74, 6) is 0.207. The Morgan fingerprint density at radius 1 is 0.850 bits per heavy atom. The van der Waals surface area contributed by atoms with E-state index in [2.05, 4.69) is 43.3 Å². The molecule has 1 heteroatoms. The number of hydrogen-bond acceptors (Lipinski definition) is 1. The second kappa shape index (κ2) is 7.04. The number of carbonyl (C=O) groups excluding carboxylic acids is 1. The fourth-order valence-corrected chi connectivity index (χ4v) is 2.35. The zero-order chi connectivity index (χ0) is 14.4. The normalized spacial score (nSPS) is 10.5. The van der Waals surface area contributed by atoms with E-state index >= 15 is 0 Å². The third kappa shape index (κ3) is 4.06. The molecule has 0 aliphatic carbocycles. The monoisotopic (exact) mass is 266 g/mol.